The average molecular weight is 525 g/mol. The van der Waals surface area contributed by atoms with Crippen LogP contribution in [-0.4, -0.2) is 63.6 Å². The van der Waals surface area contributed by atoms with Crippen molar-refractivity contribution in [2.75, 3.05) is 36.1 Å². The molecule has 3 aromatic rings. The van der Waals surface area contributed by atoms with Gasteiger partial charge in [0.15, 0.2) is 17.0 Å². The Morgan fingerprint density at radius 3 is 2.37 bits per heavy atom. The molecule has 3 rings (SSSR count). The third-order valence-electron chi connectivity index (χ3n) is 5.55. The molecule has 0 bridgehead atoms. The summed E-state index contributed by atoms with van der Waals surface area (Å²) in [6.07, 6.45) is 1.65. The van der Waals surface area contributed by atoms with E-state index in [0.717, 1.165) is 5.69 Å². The molecular weight excluding hydrogens is 492 g/mol. The number of nitrogens with two attached hydrogens (primary N) is 2. The summed E-state index contributed by atoms with van der Waals surface area (Å²) in [6, 6.07) is 5.92. The van der Waals surface area contributed by atoms with Crippen molar-refractivity contribution in [2.45, 2.75) is 46.2 Å². The molecule has 0 saturated heterocycles. The van der Waals surface area contributed by atoms with Gasteiger partial charge in [0.1, 0.15) is 6.04 Å². The molecule has 1 amide bonds. The molecule has 0 saturated carbocycles. The molecule has 0 spiro atoms. The quantitative estimate of drug-likeness (QED) is 0.291. The molecule has 2 heterocycles. The van der Waals surface area contributed by atoms with Gasteiger partial charge in [-0.1, -0.05) is 0 Å². The second-order valence-corrected chi connectivity index (χ2v) is 8.18. The Hall–Kier alpha value is -4.55. The van der Waals surface area contributed by atoms with Crippen molar-refractivity contribution in [1.29, 1.82) is 0 Å². The highest BCUT2D eigenvalue weighted by Crippen LogP contribution is 2.20. The Morgan fingerprint density at radius 2 is 1.71 bits per heavy atom. The molecule has 0 radical (unpaired) electrons. The number of nitrogen functional groups attached to an aromatic ring is 2. The van der Waals surface area contributed by atoms with E-state index in [1.54, 1.807) is 44.3 Å². The van der Waals surface area contributed by atoms with E-state index >= 15 is 0 Å². The van der Waals surface area contributed by atoms with Crippen LogP contribution in [-0.2, 0) is 25.6 Å². The number of ether oxygens (including phenoxy) is 2. The molecule has 5 N–H and O–H groups in total. The Kier molecular flexibility index (Phi) is 9.68. The fourth-order valence-corrected chi connectivity index (χ4v) is 3.69. The van der Waals surface area contributed by atoms with Gasteiger partial charge >= 0.3 is 11.9 Å². The molecule has 202 valence electrons. The van der Waals surface area contributed by atoms with E-state index in [2.05, 4.69) is 25.3 Å². The van der Waals surface area contributed by atoms with Gasteiger partial charge in [-0.2, -0.15) is 9.97 Å². The lowest BCUT2D eigenvalue weighted by molar-refractivity contribution is -0.146. The van der Waals surface area contributed by atoms with Crippen molar-refractivity contribution in [2.24, 2.45) is 0 Å². The van der Waals surface area contributed by atoms with E-state index in [-0.39, 0.29) is 37.8 Å². The maximum atomic E-state index is 12.9. The van der Waals surface area contributed by atoms with Crippen LogP contribution >= 0.6 is 0 Å². The maximum absolute atomic E-state index is 12.9. The van der Waals surface area contributed by atoms with E-state index in [4.69, 9.17) is 20.9 Å². The summed E-state index contributed by atoms with van der Waals surface area (Å²) in [5, 5.41) is 2.66. The summed E-state index contributed by atoms with van der Waals surface area (Å²) in [5.41, 5.74) is 14.1. The van der Waals surface area contributed by atoms with Crippen LogP contribution in [0, 0.1) is 0 Å². The van der Waals surface area contributed by atoms with Crippen LogP contribution < -0.4 is 21.7 Å². The number of amides is 1. The van der Waals surface area contributed by atoms with Gasteiger partial charge in [-0.3, -0.25) is 9.59 Å². The highest BCUT2D eigenvalue weighted by Gasteiger charge is 2.24. The first-order valence-corrected chi connectivity index (χ1v) is 12.3. The highest BCUT2D eigenvalue weighted by atomic mass is 16.5. The molecule has 0 aliphatic carbocycles. The van der Waals surface area contributed by atoms with E-state index in [9.17, 15) is 14.4 Å². The zero-order chi connectivity index (χ0) is 27.7. The zero-order valence-electron chi connectivity index (χ0n) is 21.6. The van der Waals surface area contributed by atoms with Crippen LogP contribution in [0.5, 0.6) is 0 Å². The lowest BCUT2D eigenvalue weighted by Gasteiger charge is -2.23. The standard InChI is InChI=1S/C25H32N8O5/c1-4-33(14-16-13-28-22-20(29-16)21(26)31-25(27)32-22)17-9-7-15(8-10-17)23(35)30-18(24(36)38-6-3)11-12-19(34)37-5-2/h7-10,13,18H,4-6,11-12,14H2,1-3H3,(H,30,35)(H4,26,27,28,31,32)/t18-/m0/s1. The minimum absolute atomic E-state index is 0.0230. The first kappa shape index (κ1) is 28.0. The lowest BCUT2D eigenvalue weighted by Crippen LogP contribution is -2.42. The van der Waals surface area contributed by atoms with Gasteiger partial charge in [0.2, 0.25) is 5.95 Å². The molecule has 1 atom stereocenters. The van der Waals surface area contributed by atoms with Crippen molar-refractivity contribution in [3.63, 3.8) is 0 Å². The number of aromatic nitrogens is 4. The van der Waals surface area contributed by atoms with Crippen LogP contribution in [0.1, 0.15) is 49.7 Å². The van der Waals surface area contributed by atoms with E-state index < -0.39 is 23.9 Å². The van der Waals surface area contributed by atoms with Gasteiger partial charge < -0.3 is 31.2 Å². The number of rotatable bonds is 12. The first-order valence-electron chi connectivity index (χ1n) is 12.3. The predicted molar refractivity (Wildman–Crippen MR) is 141 cm³/mol. The predicted octanol–water partition coefficient (Wildman–Crippen LogP) is 1.62. The molecule has 13 nitrogen and oxygen atoms in total. The summed E-state index contributed by atoms with van der Waals surface area (Å²) in [6.45, 7) is 6.82. The Morgan fingerprint density at radius 1 is 1.00 bits per heavy atom. The van der Waals surface area contributed by atoms with Crippen LogP contribution in [0.15, 0.2) is 30.5 Å². The summed E-state index contributed by atoms with van der Waals surface area (Å²) in [7, 11) is 0. The van der Waals surface area contributed by atoms with E-state index in [1.807, 2.05) is 11.8 Å². The Labute approximate surface area is 219 Å². The largest absolute Gasteiger partial charge is 0.466 e. The van der Waals surface area contributed by atoms with E-state index in [1.165, 1.54) is 0 Å². The monoisotopic (exact) mass is 524 g/mol. The number of anilines is 3. The third-order valence-corrected chi connectivity index (χ3v) is 5.55. The van der Waals surface area contributed by atoms with Crippen LogP contribution in [0.4, 0.5) is 17.5 Å². The van der Waals surface area contributed by atoms with Crippen LogP contribution in [0.3, 0.4) is 0 Å². The van der Waals surface area contributed by atoms with Crippen LogP contribution in [0.2, 0.25) is 0 Å². The molecule has 0 fully saturated rings. The third kappa shape index (κ3) is 7.24. The molecular formula is C25H32N8O5. The number of nitrogens with zero attached hydrogens (tertiary/aromatic N) is 5. The number of hydrogen-bond donors (Lipinski definition) is 3. The number of nitrogens with one attached hydrogen (secondary N) is 1. The smallest absolute Gasteiger partial charge is 0.328 e. The van der Waals surface area contributed by atoms with Crippen molar-refractivity contribution in [1.82, 2.24) is 25.3 Å². The van der Waals surface area contributed by atoms with E-state index in [0.29, 0.717) is 35.5 Å². The SMILES string of the molecule is CCOC(=O)CC[C@H](NC(=O)c1ccc(N(CC)Cc2cnc3nc(N)nc(N)c3n2)cc1)C(=O)OCC. The summed E-state index contributed by atoms with van der Waals surface area (Å²) in [5.74, 6) is -1.33. The van der Waals surface area contributed by atoms with Gasteiger partial charge in [-0.15, -0.1) is 0 Å². The summed E-state index contributed by atoms with van der Waals surface area (Å²) >= 11 is 0. The summed E-state index contributed by atoms with van der Waals surface area (Å²) < 4.78 is 9.96. The molecule has 13 heteroatoms. The number of hydrogen-bond acceptors (Lipinski definition) is 12. The van der Waals surface area contributed by atoms with Gasteiger partial charge in [0.05, 0.1) is 31.6 Å². The van der Waals surface area contributed by atoms with Crippen molar-refractivity contribution in [3.05, 3.63) is 41.7 Å². The van der Waals surface area contributed by atoms with Crippen molar-refractivity contribution < 1.29 is 23.9 Å². The summed E-state index contributed by atoms with van der Waals surface area (Å²) in [4.78, 5) is 55.7. The number of esters is 2. The minimum Gasteiger partial charge on any atom is -0.466 e. The molecule has 0 aliphatic rings. The zero-order valence-corrected chi connectivity index (χ0v) is 21.6. The average Bonchev–Trinajstić information content (AvgIpc) is 2.90. The molecule has 2 aromatic heterocycles. The van der Waals surface area contributed by atoms with Crippen LogP contribution in [0.25, 0.3) is 11.2 Å². The number of benzene rings is 1. The first-order chi connectivity index (χ1) is 18.2. The highest BCUT2D eigenvalue weighted by molar-refractivity contribution is 5.97. The molecule has 0 aliphatic heterocycles. The van der Waals surface area contributed by atoms with Crippen molar-refractivity contribution in [3.8, 4) is 0 Å². The van der Waals surface area contributed by atoms with Gasteiger partial charge in [-0.05, 0) is 51.5 Å². The lowest BCUT2D eigenvalue weighted by atomic mass is 10.1. The second kappa shape index (κ2) is 13.1. The molecule has 38 heavy (non-hydrogen) atoms. The minimum atomic E-state index is -0.975. The molecule has 0 unspecified atom stereocenters. The van der Waals surface area contributed by atoms with Crippen molar-refractivity contribution >= 4 is 46.5 Å². The maximum Gasteiger partial charge on any atom is 0.328 e. The number of fused-ring (bicyclic) bond motifs is 1. The van der Waals surface area contributed by atoms with Gasteiger partial charge in [-0.25, -0.2) is 14.8 Å². The van der Waals surface area contributed by atoms with Gasteiger partial charge in [0.25, 0.3) is 5.91 Å². The Balaban J connectivity index is 1.70. The fraction of sp³-hybridized carbons (Fsp3) is 0.400. The fourth-order valence-electron chi connectivity index (χ4n) is 3.69. The second-order valence-electron chi connectivity index (χ2n) is 8.18. The number of carbonyl (C=O) groups excluding carboxylic acids is 3. The topological polar surface area (TPSA) is 189 Å². The molecule has 1 aromatic carbocycles. The Bertz CT molecular complexity index is 1280. The normalized spacial score (nSPS) is 11.6. The number of carbonyl (C=O) groups is 3. The van der Waals surface area contributed by atoms with Gasteiger partial charge in [0, 0.05) is 24.2 Å².